The van der Waals surface area contributed by atoms with E-state index in [9.17, 15) is 18.0 Å². The molecule has 1 saturated heterocycles. The average molecular weight is 540 g/mol. The van der Waals surface area contributed by atoms with Gasteiger partial charge in [0.25, 0.3) is 0 Å². The van der Waals surface area contributed by atoms with Crippen molar-refractivity contribution in [1.29, 1.82) is 0 Å². The van der Waals surface area contributed by atoms with Gasteiger partial charge in [0.05, 0.1) is 23.3 Å². The number of amides is 1. The van der Waals surface area contributed by atoms with Crippen molar-refractivity contribution in [3.05, 3.63) is 66.0 Å². The van der Waals surface area contributed by atoms with E-state index in [1.807, 2.05) is 37.3 Å². The molecule has 1 amide bonds. The van der Waals surface area contributed by atoms with Gasteiger partial charge in [-0.3, -0.25) is 14.7 Å². The second kappa shape index (κ2) is 11.4. The first-order valence-electron chi connectivity index (χ1n) is 12.7. The first-order chi connectivity index (χ1) is 18.8. The molecule has 39 heavy (non-hydrogen) atoms. The second-order valence-electron chi connectivity index (χ2n) is 9.37. The number of H-pyrrole nitrogens is 1. The minimum atomic E-state index is -4.48. The quantitative estimate of drug-likeness (QED) is 0.361. The number of aromatic nitrogens is 5. The number of rotatable bonds is 8. The normalized spacial score (nSPS) is 14.6. The van der Waals surface area contributed by atoms with Crippen molar-refractivity contribution in [2.45, 2.75) is 32.5 Å². The number of fused-ring (bicyclic) bond motifs is 1. The third-order valence-corrected chi connectivity index (χ3v) is 6.47. The standard InChI is InChI=1S/C27H28F3N7O2/c1-2-39-25-14-22(32-17-33-25)19-3-4-21-23(12-19)35-24(34-21)13-20-11-18(5-6-31-20)16-36-7-9-37(10-8-36)26(38)15-27(28,29)30/h3-6,11-12,14,17H,2,7-10,13,15-16H2,1H3,(H,34,35). The Morgan fingerprint density at radius 3 is 2.64 bits per heavy atom. The number of aromatic amines is 1. The summed E-state index contributed by atoms with van der Waals surface area (Å²) in [5.41, 5.74) is 5.29. The predicted octanol–water partition coefficient (Wildman–Crippen LogP) is 4.00. The maximum absolute atomic E-state index is 12.5. The molecule has 1 fully saturated rings. The summed E-state index contributed by atoms with van der Waals surface area (Å²) in [6.07, 6.45) is -2.14. The van der Waals surface area contributed by atoms with Gasteiger partial charge >= 0.3 is 6.18 Å². The van der Waals surface area contributed by atoms with Crippen LogP contribution in [0, 0.1) is 0 Å². The average Bonchev–Trinajstić information content (AvgIpc) is 3.30. The van der Waals surface area contributed by atoms with Gasteiger partial charge in [-0.15, -0.1) is 0 Å². The Labute approximate surface area is 223 Å². The van der Waals surface area contributed by atoms with Gasteiger partial charge in [-0.05, 0) is 36.8 Å². The van der Waals surface area contributed by atoms with E-state index in [-0.39, 0.29) is 13.1 Å². The summed E-state index contributed by atoms with van der Waals surface area (Å²) in [7, 11) is 0. The van der Waals surface area contributed by atoms with Gasteiger partial charge in [-0.2, -0.15) is 13.2 Å². The van der Waals surface area contributed by atoms with Crippen LogP contribution >= 0.6 is 0 Å². The fourth-order valence-corrected chi connectivity index (χ4v) is 4.62. The number of piperazine rings is 1. The summed E-state index contributed by atoms with van der Waals surface area (Å²) in [4.78, 5) is 36.3. The molecule has 0 aliphatic carbocycles. The Bertz CT molecular complexity index is 1450. The molecular weight excluding hydrogens is 511 g/mol. The van der Waals surface area contributed by atoms with Gasteiger partial charge in [0.15, 0.2) is 0 Å². The van der Waals surface area contributed by atoms with Gasteiger partial charge in [0, 0.05) is 62.7 Å². The number of nitrogens with one attached hydrogen (secondary N) is 1. The zero-order valence-electron chi connectivity index (χ0n) is 21.4. The Balaban J connectivity index is 1.21. The van der Waals surface area contributed by atoms with Crippen LogP contribution in [-0.4, -0.2) is 79.6 Å². The molecular formula is C27H28F3N7O2. The fraction of sp³-hybridized carbons (Fsp3) is 0.370. The van der Waals surface area contributed by atoms with Crippen LogP contribution in [0.2, 0.25) is 0 Å². The fourth-order valence-electron chi connectivity index (χ4n) is 4.62. The van der Waals surface area contributed by atoms with Crippen molar-refractivity contribution < 1.29 is 22.7 Å². The van der Waals surface area contributed by atoms with Crippen LogP contribution in [0.25, 0.3) is 22.3 Å². The van der Waals surface area contributed by atoms with E-state index in [4.69, 9.17) is 9.72 Å². The Kier molecular flexibility index (Phi) is 7.73. The molecule has 1 aliphatic heterocycles. The van der Waals surface area contributed by atoms with Crippen LogP contribution < -0.4 is 4.74 Å². The predicted molar refractivity (Wildman–Crippen MR) is 138 cm³/mol. The summed E-state index contributed by atoms with van der Waals surface area (Å²) in [5, 5.41) is 0. The Morgan fingerprint density at radius 2 is 1.87 bits per heavy atom. The summed E-state index contributed by atoms with van der Waals surface area (Å²) < 4.78 is 43.1. The number of hydrogen-bond donors (Lipinski definition) is 1. The number of carbonyl (C=O) groups excluding carboxylic acids is 1. The molecule has 9 nitrogen and oxygen atoms in total. The number of pyridine rings is 1. The van der Waals surface area contributed by atoms with Crippen LogP contribution in [0.15, 0.2) is 48.9 Å². The van der Waals surface area contributed by atoms with E-state index in [2.05, 4.69) is 24.8 Å². The highest BCUT2D eigenvalue weighted by Gasteiger charge is 2.34. The molecule has 4 heterocycles. The molecule has 4 aromatic rings. The highest BCUT2D eigenvalue weighted by Crippen LogP contribution is 2.25. The lowest BCUT2D eigenvalue weighted by atomic mass is 10.1. The van der Waals surface area contributed by atoms with Crippen LogP contribution in [0.1, 0.15) is 30.4 Å². The van der Waals surface area contributed by atoms with E-state index in [1.54, 1.807) is 12.3 Å². The molecule has 0 bridgehead atoms. The lowest BCUT2D eigenvalue weighted by Gasteiger charge is -2.35. The summed E-state index contributed by atoms with van der Waals surface area (Å²) in [6, 6.07) is 11.6. The molecule has 3 aromatic heterocycles. The zero-order valence-corrected chi connectivity index (χ0v) is 21.4. The topological polar surface area (TPSA) is 100 Å². The molecule has 0 radical (unpaired) electrons. The number of halogens is 3. The molecule has 0 spiro atoms. The third-order valence-electron chi connectivity index (χ3n) is 6.47. The largest absolute Gasteiger partial charge is 0.478 e. The van der Waals surface area contributed by atoms with Gasteiger partial charge < -0.3 is 14.6 Å². The van der Waals surface area contributed by atoms with Crippen molar-refractivity contribution >= 4 is 16.9 Å². The van der Waals surface area contributed by atoms with Crippen molar-refractivity contribution in [1.82, 2.24) is 34.7 Å². The lowest BCUT2D eigenvalue weighted by molar-refractivity contribution is -0.162. The number of ether oxygens (including phenoxy) is 1. The summed E-state index contributed by atoms with van der Waals surface area (Å²) in [6.45, 7) is 4.67. The SMILES string of the molecule is CCOc1cc(-c2ccc3nc(Cc4cc(CN5CCN(C(=O)CC(F)(F)F)CC5)ccn4)[nH]c3c2)ncn1. The highest BCUT2D eigenvalue weighted by molar-refractivity contribution is 5.81. The molecule has 12 heteroatoms. The van der Waals surface area contributed by atoms with Crippen molar-refractivity contribution in [2.24, 2.45) is 0 Å². The Morgan fingerprint density at radius 1 is 1.05 bits per heavy atom. The molecule has 0 unspecified atom stereocenters. The lowest BCUT2D eigenvalue weighted by Crippen LogP contribution is -2.49. The molecule has 5 rings (SSSR count). The van der Waals surface area contributed by atoms with Crippen molar-refractivity contribution in [3.63, 3.8) is 0 Å². The van der Waals surface area contributed by atoms with E-state index in [0.717, 1.165) is 39.4 Å². The monoisotopic (exact) mass is 539 g/mol. The smallest absolute Gasteiger partial charge is 0.397 e. The van der Waals surface area contributed by atoms with Crippen LogP contribution in [0.3, 0.4) is 0 Å². The molecule has 1 aliphatic rings. The van der Waals surface area contributed by atoms with Gasteiger partial charge in [-0.25, -0.2) is 15.0 Å². The number of imidazole rings is 1. The number of nitrogens with zero attached hydrogens (tertiary/aromatic N) is 6. The van der Waals surface area contributed by atoms with E-state index >= 15 is 0 Å². The molecule has 1 N–H and O–H groups in total. The van der Waals surface area contributed by atoms with Gasteiger partial charge in [0.2, 0.25) is 11.8 Å². The number of alkyl halides is 3. The molecule has 0 atom stereocenters. The number of benzene rings is 1. The second-order valence-corrected chi connectivity index (χ2v) is 9.37. The van der Waals surface area contributed by atoms with Crippen LogP contribution in [-0.2, 0) is 17.8 Å². The van der Waals surface area contributed by atoms with Crippen LogP contribution in [0.5, 0.6) is 5.88 Å². The maximum atomic E-state index is 12.5. The summed E-state index contributed by atoms with van der Waals surface area (Å²) in [5.74, 6) is 0.440. The zero-order chi connectivity index (χ0) is 27.4. The summed E-state index contributed by atoms with van der Waals surface area (Å²) >= 11 is 0. The van der Waals surface area contributed by atoms with Crippen molar-refractivity contribution in [2.75, 3.05) is 32.8 Å². The number of hydrogen-bond acceptors (Lipinski definition) is 7. The minimum absolute atomic E-state index is 0.287. The Hall–Kier alpha value is -4.06. The maximum Gasteiger partial charge on any atom is 0.397 e. The number of carbonyl (C=O) groups is 1. The van der Waals surface area contributed by atoms with Gasteiger partial charge in [0.1, 0.15) is 18.6 Å². The molecule has 0 saturated carbocycles. The van der Waals surface area contributed by atoms with E-state index < -0.39 is 18.5 Å². The van der Waals surface area contributed by atoms with E-state index in [0.29, 0.717) is 38.5 Å². The van der Waals surface area contributed by atoms with Gasteiger partial charge in [-0.1, -0.05) is 6.07 Å². The van der Waals surface area contributed by atoms with Crippen molar-refractivity contribution in [3.8, 4) is 17.1 Å². The third kappa shape index (κ3) is 6.88. The van der Waals surface area contributed by atoms with Crippen LogP contribution in [0.4, 0.5) is 13.2 Å². The first kappa shape index (κ1) is 26.5. The molecule has 1 aromatic carbocycles. The molecule has 204 valence electrons. The minimum Gasteiger partial charge on any atom is -0.478 e. The first-order valence-corrected chi connectivity index (χ1v) is 12.7. The highest BCUT2D eigenvalue weighted by atomic mass is 19.4. The van der Waals surface area contributed by atoms with E-state index in [1.165, 1.54) is 11.2 Å².